The van der Waals surface area contributed by atoms with Gasteiger partial charge in [-0.3, -0.25) is 4.79 Å². The van der Waals surface area contributed by atoms with Gasteiger partial charge in [0.2, 0.25) is 21.8 Å². The maximum atomic E-state index is 12.2. The third-order valence-corrected chi connectivity index (χ3v) is 6.93. The second-order valence-corrected chi connectivity index (χ2v) is 9.23. The maximum Gasteiger partial charge on any atom is 0.227 e. The fraction of sp³-hybridized carbons (Fsp3) is 0.333. The number of nitrogens with zero attached hydrogens (tertiary/aromatic N) is 2. The number of aromatic nitrogens is 1. The Balaban J connectivity index is 1.30. The average molecular weight is 413 g/mol. The van der Waals surface area contributed by atoms with Gasteiger partial charge in [-0.25, -0.2) is 17.7 Å². The van der Waals surface area contributed by atoms with Crippen LogP contribution in [0.1, 0.15) is 25.7 Å². The van der Waals surface area contributed by atoms with E-state index in [4.69, 9.17) is 4.42 Å². The molecule has 1 aromatic heterocycles. The Labute approximate surface area is 169 Å². The van der Waals surface area contributed by atoms with E-state index in [9.17, 15) is 13.2 Å². The Morgan fingerprint density at radius 3 is 2.52 bits per heavy atom. The van der Waals surface area contributed by atoms with Crippen LogP contribution in [0.25, 0.3) is 22.6 Å². The summed E-state index contributed by atoms with van der Waals surface area (Å²) in [5, 5.41) is 2.80. The lowest BCUT2D eigenvalue weighted by atomic mass is 10.2. The molecule has 0 spiro atoms. The number of nitrogens with one attached hydrogen (secondary N) is 1. The molecule has 0 radical (unpaired) electrons. The lowest BCUT2D eigenvalue weighted by Crippen LogP contribution is -2.30. The minimum atomic E-state index is -3.24. The molecular weight excluding hydrogens is 390 g/mol. The molecule has 3 aromatic rings. The van der Waals surface area contributed by atoms with Crippen molar-refractivity contribution < 1.29 is 17.6 Å². The number of sulfonamides is 1. The second kappa shape index (κ2) is 8.34. The van der Waals surface area contributed by atoms with Gasteiger partial charge in [0.05, 0.1) is 5.75 Å². The fourth-order valence-corrected chi connectivity index (χ4v) is 5.01. The van der Waals surface area contributed by atoms with Crippen molar-refractivity contribution in [2.75, 3.05) is 24.2 Å². The molecule has 8 heteroatoms. The van der Waals surface area contributed by atoms with Gasteiger partial charge in [0.1, 0.15) is 5.52 Å². The number of benzene rings is 2. The van der Waals surface area contributed by atoms with Crippen molar-refractivity contribution in [3.8, 4) is 11.5 Å². The molecule has 2 aromatic carbocycles. The van der Waals surface area contributed by atoms with E-state index in [2.05, 4.69) is 10.3 Å². The summed E-state index contributed by atoms with van der Waals surface area (Å²) in [6.45, 7) is 1.20. The van der Waals surface area contributed by atoms with Crippen molar-refractivity contribution in [2.24, 2.45) is 0 Å². The normalized spacial score (nSPS) is 15.0. The highest BCUT2D eigenvalue weighted by molar-refractivity contribution is 7.89. The third kappa shape index (κ3) is 4.65. The highest BCUT2D eigenvalue weighted by atomic mass is 32.2. The number of fused-ring (bicyclic) bond motifs is 1. The van der Waals surface area contributed by atoms with E-state index in [-0.39, 0.29) is 18.1 Å². The van der Waals surface area contributed by atoms with E-state index in [1.54, 1.807) is 12.1 Å². The molecule has 29 heavy (non-hydrogen) atoms. The minimum absolute atomic E-state index is 0.0110. The van der Waals surface area contributed by atoms with E-state index >= 15 is 0 Å². The van der Waals surface area contributed by atoms with Gasteiger partial charge in [0, 0.05) is 30.8 Å². The second-order valence-electron chi connectivity index (χ2n) is 7.14. The fourth-order valence-electron chi connectivity index (χ4n) is 3.43. The highest BCUT2D eigenvalue weighted by Crippen LogP contribution is 2.25. The summed E-state index contributed by atoms with van der Waals surface area (Å²) >= 11 is 0. The van der Waals surface area contributed by atoms with Crippen molar-refractivity contribution in [3.05, 3.63) is 48.5 Å². The van der Waals surface area contributed by atoms with Crippen LogP contribution in [0, 0.1) is 0 Å². The van der Waals surface area contributed by atoms with Crippen LogP contribution in [-0.2, 0) is 14.8 Å². The van der Waals surface area contributed by atoms with Crippen LogP contribution in [0.5, 0.6) is 0 Å². The number of carbonyl (C=O) groups excluding carboxylic acids is 1. The van der Waals surface area contributed by atoms with E-state index in [0.717, 1.165) is 29.5 Å². The van der Waals surface area contributed by atoms with Crippen molar-refractivity contribution >= 4 is 32.7 Å². The van der Waals surface area contributed by atoms with Crippen LogP contribution < -0.4 is 5.32 Å². The zero-order chi connectivity index (χ0) is 20.3. The number of hydrogen-bond donors (Lipinski definition) is 1. The van der Waals surface area contributed by atoms with Crippen LogP contribution in [0.4, 0.5) is 5.69 Å². The molecule has 0 unspecified atom stereocenters. The number of rotatable bonds is 7. The Morgan fingerprint density at radius 2 is 1.79 bits per heavy atom. The summed E-state index contributed by atoms with van der Waals surface area (Å²) < 4.78 is 31.6. The molecule has 0 aliphatic carbocycles. The van der Waals surface area contributed by atoms with Gasteiger partial charge >= 0.3 is 0 Å². The van der Waals surface area contributed by atoms with E-state index in [0.29, 0.717) is 31.1 Å². The summed E-state index contributed by atoms with van der Waals surface area (Å²) in [6, 6.07) is 14.8. The summed E-state index contributed by atoms with van der Waals surface area (Å²) in [6.07, 6.45) is 2.31. The summed E-state index contributed by atoms with van der Waals surface area (Å²) in [4.78, 5) is 16.6. The Hall–Kier alpha value is -2.71. The summed E-state index contributed by atoms with van der Waals surface area (Å²) in [7, 11) is -3.24. The number of oxazole rings is 1. The molecule has 152 valence electrons. The first-order valence-electron chi connectivity index (χ1n) is 9.75. The first-order valence-corrected chi connectivity index (χ1v) is 11.4. The molecule has 1 amide bonds. The lowest BCUT2D eigenvalue weighted by molar-refractivity contribution is -0.116. The Bertz CT molecular complexity index is 1070. The van der Waals surface area contributed by atoms with Crippen LogP contribution in [0.3, 0.4) is 0 Å². The number of hydrogen-bond acceptors (Lipinski definition) is 5. The number of para-hydroxylation sites is 2. The molecular formula is C21H23N3O4S. The van der Waals surface area contributed by atoms with Crippen LogP contribution in [-0.4, -0.2) is 42.5 Å². The van der Waals surface area contributed by atoms with Crippen LogP contribution in [0.15, 0.2) is 52.9 Å². The van der Waals surface area contributed by atoms with Gasteiger partial charge in [0.15, 0.2) is 5.58 Å². The van der Waals surface area contributed by atoms with Crippen molar-refractivity contribution in [2.45, 2.75) is 25.7 Å². The maximum absolute atomic E-state index is 12.2. The summed E-state index contributed by atoms with van der Waals surface area (Å²) in [5.74, 6) is 0.337. The van der Waals surface area contributed by atoms with E-state index in [1.165, 1.54) is 4.31 Å². The molecule has 0 bridgehead atoms. The summed E-state index contributed by atoms with van der Waals surface area (Å²) in [5.41, 5.74) is 2.99. The Morgan fingerprint density at radius 1 is 1.07 bits per heavy atom. The lowest BCUT2D eigenvalue weighted by Gasteiger charge is -2.15. The average Bonchev–Trinajstić information content (AvgIpc) is 3.39. The molecule has 0 atom stereocenters. The molecule has 4 rings (SSSR count). The largest absolute Gasteiger partial charge is 0.436 e. The molecule has 1 saturated heterocycles. The standard InChI is InChI=1S/C21H23N3O4S/c25-20(8-5-15-29(26,27)24-13-3-4-14-24)22-17-11-9-16(10-12-17)21-23-18-6-1-2-7-19(18)28-21/h1-2,6-7,9-12H,3-5,8,13-15H2,(H,22,25). The van der Waals surface area contributed by atoms with Gasteiger partial charge in [-0.05, 0) is 55.7 Å². The monoisotopic (exact) mass is 413 g/mol. The number of carbonyl (C=O) groups is 1. The van der Waals surface area contributed by atoms with Gasteiger partial charge in [-0.15, -0.1) is 0 Å². The molecule has 1 aliphatic heterocycles. The highest BCUT2D eigenvalue weighted by Gasteiger charge is 2.24. The van der Waals surface area contributed by atoms with E-state index in [1.807, 2.05) is 36.4 Å². The van der Waals surface area contributed by atoms with Crippen molar-refractivity contribution in [1.29, 1.82) is 0 Å². The van der Waals surface area contributed by atoms with E-state index < -0.39 is 10.0 Å². The third-order valence-electron chi connectivity index (χ3n) is 4.97. The number of anilines is 1. The molecule has 1 aliphatic rings. The quantitative estimate of drug-likeness (QED) is 0.638. The topological polar surface area (TPSA) is 92.5 Å². The van der Waals surface area contributed by atoms with Crippen molar-refractivity contribution in [3.63, 3.8) is 0 Å². The first-order chi connectivity index (χ1) is 14.0. The predicted octanol–water partition coefficient (Wildman–Crippen LogP) is 3.64. The minimum Gasteiger partial charge on any atom is -0.436 e. The van der Waals surface area contributed by atoms with Crippen molar-refractivity contribution in [1.82, 2.24) is 9.29 Å². The molecule has 1 fully saturated rings. The molecule has 7 nitrogen and oxygen atoms in total. The first kappa shape index (κ1) is 19.6. The predicted molar refractivity (Wildman–Crippen MR) is 112 cm³/mol. The van der Waals surface area contributed by atoms with Gasteiger partial charge in [-0.2, -0.15) is 0 Å². The number of amides is 1. The molecule has 0 saturated carbocycles. The van der Waals surface area contributed by atoms with Crippen LogP contribution >= 0.6 is 0 Å². The Kier molecular flexibility index (Phi) is 5.64. The van der Waals surface area contributed by atoms with Gasteiger partial charge < -0.3 is 9.73 Å². The molecule has 2 heterocycles. The zero-order valence-corrected chi connectivity index (χ0v) is 16.8. The smallest absolute Gasteiger partial charge is 0.227 e. The SMILES string of the molecule is O=C(CCCS(=O)(=O)N1CCCC1)Nc1ccc(-c2nc3ccccc3o2)cc1. The van der Waals surface area contributed by atoms with Gasteiger partial charge in [0.25, 0.3) is 0 Å². The van der Waals surface area contributed by atoms with Gasteiger partial charge in [-0.1, -0.05) is 12.1 Å². The van der Waals surface area contributed by atoms with Crippen LogP contribution in [0.2, 0.25) is 0 Å². The zero-order valence-electron chi connectivity index (χ0n) is 16.0. The molecule has 1 N–H and O–H groups in total.